The van der Waals surface area contributed by atoms with Gasteiger partial charge >= 0.3 is 5.97 Å². The van der Waals surface area contributed by atoms with E-state index >= 15 is 0 Å². The molecule has 0 aliphatic rings. The Bertz CT molecular complexity index is 834. The molecule has 0 fully saturated rings. The topological polar surface area (TPSA) is 135 Å². The molecule has 1 unspecified atom stereocenters. The number of carboxylic acids is 1. The maximum absolute atomic E-state index is 12.7. The molecule has 0 bridgehead atoms. The predicted octanol–water partition coefficient (Wildman–Crippen LogP) is 0.797. The first kappa shape index (κ1) is 19.9. The third kappa shape index (κ3) is 5.03. The fourth-order valence-electron chi connectivity index (χ4n) is 2.27. The lowest BCUT2D eigenvalue weighted by Gasteiger charge is -2.25. The summed E-state index contributed by atoms with van der Waals surface area (Å²) in [6.07, 6.45) is 0. The van der Waals surface area contributed by atoms with Gasteiger partial charge in [0.2, 0.25) is 5.91 Å². The molecule has 0 aliphatic carbocycles. The summed E-state index contributed by atoms with van der Waals surface area (Å²) in [5.74, 6) is -1.79. The lowest BCUT2D eigenvalue weighted by atomic mass is 10.2. The van der Waals surface area contributed by atoms with Gasteiger partial charge in [-0.15, -0.1) is 0 Å². The van der Waals surface area contributed by atoms with E-state index in [0.717, 1.165) is 4.90 Å². The lowest BCUT2D eigenvalue weighted by Crippen LogP contribution is -2.47. The molecule has 1 atom stereocenters. The summed E-state index contributed by atoms with van der Waals surface area (Å²) in [5.41, 5.74) is 0.553. The minimum Gasteiger partial charge on any atom is -0.497 e. The number of benzene rings is 1. The van der Waals surface area contributed by atoms with Crippen molar-refractivity contribution in [3.63, 3.8) is 0 Å². The van der Waals surface area contributed by atoms with Crippen molar-refractivity contribution in [1.29, 1.82) is 0 Å². The van der Waals surface area contributed by atoms with Crippen molar-refractivity contribution in [3.05, 3.63) is 30.1 Å². The number of carbonyl (C=O) groups excluding carboxylic acids is 2. The predicted molar refractivity (Wildman–Crippen MR) is 93.1 cm³/mol. The molecule has 1 aromatic carbocycles. The van der Waals surface area contributed by atoms with Crippen molar-refractivity contribution >= 4 is 17.8 Å². The first-order valence-corrected chi connectivity index (χ1v) is 8.09. The van der Waals surface area contributed by atoms with Crippen LogP contribution in [0.4, 0.5) is 0 Å². The second-order valence-corrected chi connectivity index (χ2v) is 5.65. The van der Waals surface area contributed by atoms with Crippen LogP contribution in [0.15, 0.2) is 28.8 Å². The van der Waals surface area contributed by atoms with E-state index in [-0.39, 0.29) is 30.7 Å². The maximum atomic E-state index is 12.7. The van der Waals surface area contributed by atoms with Crippen LogP contribution in [0, 0.1) is 0 Å². The highest BCUT2D eigenvalue weighted by molar-refractivity contribution is 5.93. The van der Waals surface area contributed by atoms with Crippen LogP contribution in [0.3, 0.4) is 0 Å². The number of nitrogens with one attached hydrogen (secondary N) is 1. The SMILES string of the molecule is COc1cccc(-c2nc(C(=O)N(CCNC(C)=O)C(C)C(=O)O)no2)c1. The average Bonchev–Trinajstić information content (AvgIpc) is 3.14. The van der Waals surface area contributed by atoms with E-state index < -0.39 is 17.9 Å². The molecule has 27 heavy (non-hydrogen) atoms. The second kappa shape index (κ2) is 8.79. The zero-order valence-corrected chi connectivity index (χ0v) is 15.1. The first-order chi connectivity index (χ1) is 12.8. The van der Waals surface area contributed by atoms with E-state index in [1.165, 1.54) is 21.0 Å². The Hall–Kier alpha value is -3.43. The van der Waals surface area contributed by atoms with Crippen LogP contribution in [0.5, 0.6) is 5.75 Å². The van der Waals surface area contributed by atoms with Gasteiger partial charge in [-0.2, -0.15) is 4.98 Å². The number of carbonyl (C=O) groups is 3. The van der Waals surface area contributed by atoms with Gasteiger partial charge in [0.1, 0.15) is 11.8 Å². The normalized spacial score (nSPS) is 11.5. The number of methoxy groups -OCH3 is 1. The zero-order valence-electron chi connectivity index (χ0n) is 15.1. The Morgan fingerprint density at radius 2 is 2.11 bits per heavy atom. The van der Waals surface area contributed by atoms with Gasteiger partial charge in [-0.1, -0.05) is 11.2 Å². The molecule has 144 valence electrons. The van der Waals surface area contributed by atoms with Gasteiger partial charge in [0, 0.05) is 25.6 Å². The van der Waals surface area contributed by atoms with Gasteiger partial charge in [-0.25, -0.2) is 4.79 Å². The van der Waals surface area contributed by atoms with E-state index in [4.69, 9.17) is 9.26 Å². The largest absolute Gasteiger partial charge is 0.497 e. The Balaban J connectivity index is 2.22. The van der Waals surface area contributed by atoms with Crippen molar-refractivity contribution in [2.45, 2.75) is 19.9 Å². The Labute approximate surface area is 155 Å². The minimum absolute atomic E-state index is 0.0189. The van der Waals surface area contributed by atoms with E-state index in [1.807, 2.05) is 0 Å². The van der Waals surface area contributed by atoms with E-state index in [9.17, 15) is 19.5 Å². The van der Waals surface area contributed by atoms with Crippen LogP contribution >= 0.6 is 0 Å². The summed E-state index contributed by atoms with van der Waals surface area (Å²) in [6, 6.07) is 5.70. The highest BCUT2D eigenvalue weighted by Gasteiger charge is 2.29. The molecule has 10 nitrogen and oxygen atoms in total. The lowest BCUT2D eigenvalue weighted by molar-refractivity contribution is -0.141. The fraction of sp³-hybridized carbons (Fsp3) is 0.353. The smallest absolute Gasteiger partial charge is 0.326 e. The van der Waals surface area contributed by atoms with Crippen molar-refractivity contribution in [2.24, 2.45) is 0 Å². The van der Waals surface area contributed by atoms with Crippen LogP contribution in [0.2, 0.25) is 0 Å². The molecule has 1 aromatic heterocycles. The number of hydrogen-bond donors (Lipinski definition) is 2. The van der Waals surface area contributed by atoms with Crippen molar-refractivity contribution < 1.29 is 28.8 Å². The number of ether oxygens (including phenoxy) is 1. The van der Waals surface area contributed by atoms with Gasteiger partial charge in [0.25, 0.3) is 17.6 Å². The van der Waals surface area contributed by atoms with E-state index in [0.29, 0.717) is 11.3 Å². The summed E-state index contributed by atoms with van der Waals surface area (Å²) < 4.78 is 10.2. The first-order valence-electron chi connectivity index (χ1n) is 8.09. The van der Waals surface area contributed by atoms with Gasteiger partial charge < -0.3 is 24.6 Å². The molecule has 2 rings (SSSR count). The van der Waals surface area contributed by atoms with Crippen LogP contribution < -0.4 is 10.1 Å². The Morgan fingerprint density at radius 1 is 1.37 bits per heavy atom. The van der Waals surface area contributed by atoms with Crippen LogP contribution in [-0.2, 0) is 9.59 Å². The molecular weight excluding hydrogens is 356 g/mol. The molecule has 0 aliphatic heterocycles. The minimum atomic E-state index is -1.19. The Kier molecular flexibility index (Phi) is 6.47. The van der Waals surface area contributed by atoms with Gasteiger partial charge in [-0.3, -0.25) is 9.59 Å². The summed E-state index contributed by atoms with van der Waals surface area (Å²) in [6.45, 7) is 2.76. The van der Waals surface area contributed by atoms with Gasteiger partial charge in [0.15, 0.2) is 0 Å². The van der Waals surface area contributed by atoms with Crippen LogP contribution in [0.1, 0.15) is 24.5 Å². The number of amides is 2. The Morgan fingerprint density at radius 3 is 2.74 bits per heavy atom. The molecular formula is C17H20N4O6. The van der Waals surface area contributed by atoms with Crippen molar-refractivity contribution in [3.8, 4) is 17.2 Å². The third-order valence-corrected chi connectivity index (χ3v) is 3.75. The number of hydrogen-bond acceptors (Lipinski definition) is 7. The molecule has 0 saturated carbocycles. The molecule has 0 radical (unpaired) electrons. The maximum Gasteiger partial charge on any atom is 0.326 e. The van der Waals surface area contributed by atoms with E-state index in [1.54, 1.807) is 24.3 Å². The number of aromatic nitrogens is 2. The average molecular weight is 376 g/mol. The summed E-state index contributed by atoms with van der Waals surface area (Å²) in [7, 11) is 1.52. The number of rotatable bonds is 8. The molecule has 2 N–H and O–H groups in total. The second-order valence-electron chi connectivity index (χ2n) is 5.65. The van der Waals surface area contributed by atoms with Crippen molar-refractivity contribution in [1.82, 2.24) is 20.4 Å². The fourth-order valence-corrected chi connectivity index (χ4v) is 2.27. The molecule has 2 aromatic rings. The number of nitrogens with zero attached hydrogens (tertiary/aromatic N) is 3. The monoisotopic (exact) mass is 376 g/mol. The number of aliphatic carboxylic acids is 1. The van der Waals surface area contributed by atoms with Crippen LogP contribution in [0.25, 0.3) is 11.5 Å². The van der Waals surface area contributed by atoms with E-state index in [2.05, 4.69) is 15.5 Å². The van der Waals surface area contributed by atoms with Gasteiger partial charge in [0.05, 0.1) is 7.11 Å². The van der Waals surface area contributed by atoms with Crippen LogP contribution in [-0.4, -0.2) is 64.2 Å². The highest BCUT2D eigenvalue weighted by Crippen LogP contribution is 2.22. The molecule has 0 saturated heterocycles. The summed E-state index contributed by atoms with van der Waals surface area (Å²) >= 11 is 0. The number of carboxylic acid groups (broad SMARTS) is 1. The quantitative estimate of drug-likeness (QED) is 0.690. The van der Waals surface area contributed by atoms with Crippen molar-refractivity contribution in [2.75, 3.05) is 20.2 Å². The molecule has 1 heterocycles. The summed E-state index contributed by atoms with van der Waals surface area (Å²) in [4.78, 5) is 40.1. The standard InChI is InChI=1S/C17H20N4O6/c1-10(17(24)25)21(8-7-18-11(2)22)16(23)14-19-15(27-20-14)12-5-4-6-13(9-12)26-3/h4-6,9-10H,7-8H2,1-3H3,(H,18,22)(H,24,25). The molecule has 0 spiro atoms. The highest BCUT2D eigenvalue weighted by atomic mass is 16.5. The summed E-state index contributed by atoms with van der Waals surface area (Å²) in [5, 5.41) is 15.4. The third-order valence-electron chi connectivity index (χ3n) is 3.75. The van der Waals surface area contributed by atoms with Gasteiger partial charge in [-0.05, 0) is 25.1 Å². The molecule has 10 heteroatoms. The molecule has 2 amide bonds. The zero-order chi connectivity index (χ0) is 20.0.